The molecule has 1 rings (SSSR count). The van der Waals surface area contributed by atoms with E-state index in [0.29, 0.717) is 12.1 Å². The zero-order chi connectivity index (χ0) is 15.6. The normalized spacial score (nSPS) is 12.5. The van der Waals surface area contributed by atoms with Crippen molar-refractivity contribution in [1.29, 1.82) is 0 Å². The molecule has 1 aromatic rings. The molecule has 0 saturated carbocycles. The number of hydrogen-bond acceptors (Lipinski definition) is 2. The largest absolute Gasteiger partial charge is 0.417 e. The first-order valence-electron chi connectivity index (χ1n) is 6.18. The Bertz CT molecular complexity index is 539. The van der Waals surface area contributed by atoms with Crippen LogP contribution in [0.4, 0.5) is 13.2 Å². The van der Waals surface area contributed by atoms with E-state index in [2.05, 4.69) is 11.9 Å². The summed E-state index contributed by atoms with van der Waals surface area (Å²) in [5.74, 6) is 0. The number of nitrogens with zero attached hydrogens (tertiary/aromatic N) is 1. The highest BCUT2D eigenvalue weighted by Gasteiger charge is 2.31. The van der Waals surface area contributed by atoms with E-state index in [1.54, 1.807) is 0 Å². The number of halogens is 3. The summed E-state index contributed by atoms with van der Waals surface area (Å²) in [6, 6.07) is 1.71. The lowest BCUT2D eigenvalue weighted by Gasteiger charge is -2.21. The summed E-state index contributed by atoms with van der Waals surface area (Å²) in [6.07, 6.45) is -3.63. The molecule has 0 unspecified atom stereocenters. The van der Waals surface area contributed by atoms with Gasteiger partial charge in [0.05, 0.1) is 5.56 Å². The molecule has 0 aliphatic heterocycles. The van der Waals surface area contributed by atoms with Crippen LogP contribution in [0.2, 0.25) is 0 Å². The van der Waals surface area contributed by atoms with E-state index >= 15 is 0 Å². The van der Waals surface area contributed by atoms with Crippen LogP contribution in [0.15, 0.2) is 35.3 Å². The zero-order valence-electron chi connectivity index (χ0n) is 11.8. The first-order valence-corrected chi connectivity index (χ1v) is 6.18. The summed E-state index contributed by atoms with van der Waals surface area (Å²) in [7, 11) is 0. The number of rotatable bonds is 4. The van der Waals surface area contributed by atoms with Crippen LogP contribution in [0.25, 0.3) is 0 Å². The lowest BCUT2D eigenvalue weighted by Crippen LogP contribution is -2.37. The van der Waals surface area contributed by atoms with Gasteiger partial charge < -0.3 is 9.88 Å². The number of hydrogen-bond donors (Lipinski definition) is 1. The van der Waals surface area contributed by atoms with Gasteiger partial charge in [0.15, 0.2) is 0 Å². The number of aromatic nitrogens is 1. The lowest BCUT2D eigenvalue weighted by molar-refractivity contribution is -0.138. The quantitative estimate of drug-likeness (QED) is 0.864. The molecule has 6 heteroatoms. The zero-order valence-corrected chi connectivity index (χ0v) is 11.8. The van der Waals surface area contributed by atoms with Crippen LogP contribution in [-0.2, 0) is 12.7 Å². The molecule has 112 valence electrons. The Labute approximate surface area is 116 Å². The smallest absolute Gasteiger partial charge is 0.311 e. The van der Waals surface area contributed by atoms with Crippen molar-refractivity contribution in [3.05, 3.63) is 46.4 Å². The fourth-order valence-corrected chi connectivity index (χ4v) is 1.51. The molecule has 0 radical (unpaired) electrons. The molecule has 1 aromatic heterocycles. The third-order valence-corrected chi connectivity index (χ3v) is 2.57. The molecule has 0 fully saturated rings. The van der Waals surface area contributed by atoms with Gasteiger partial charge >= 0.3 is 6.18 Å². The fraction of sp³-hybridized carbons (Fsp3) is 0.500. The van der Waals surface area contributed by atoms with E-state index in [4.69, 9.17) is 0 Å². The number of alkyl halides is 3. The molecule has 0 bridgehead atoms. The van der Waals surface area contributed by atoms with Gasteiger partial charge in [-0.05, 0) is 32.4 Å². The standard InChI is InChI=1S/C14H19F3N2O/c1-10(7-18-13(2,3)4)8-19-9-11(14(15,16)17)5-6-12(19)20/h5-6,9,18H,1,7-8H2,2-4H3. The van der Waals surface area contributed by atoms with Crippen LogP contribution in [0.1, 0.15) is 26.3 Å². The minimum Gasteiger partial charge on any atom is -0.311 e. The Kier molecular flexibility index (Phi) is 4.81. The maximum Gasteiger partial charge on any atom is 0.417 e. The summed E-state index contributed by atoms with van der Waals surface area (Å²) in [6.45, 7) is 10.2. The average molecular weight is 288 g/mol. The fourth-order valence-electron chi connectivity index (χ4n) is 1.51. The van der Waals surface area contributed by atoms with Gasteiger partial charge in [0.1, 0.15) is 0 Å². The molecule has 1 N–H and O–H groups in total. The lowest BCUT2D eigenvalue weighted by atomic mass is 10.1. The van der Waals surface area contributed by atoms with Gasteiger partial charge in [-0.15, -0.1) is 0 Å². The summed E-state index contributed by atoms with van der Waals surface area (Å²) < 4.78 is 38.8. The molecule has 0 aliphatic rings. The van der Waals surface area contributed by atoms with Crippen LogP contribution in [0, 0.1) is 0 Å². The van der Waals surface area contributed by atoms with Crippen molar-refractivity contribution in [2.75, 3.05) is 6.54 Å². The summed E-state index contributed by atoms with van der Waals surface area (Å²) >= 11 is 0. The third-order valence-electron chi connectivity index (χ3n) is 2.57. The van der Waals surface area contributed by atoms with Crippen molar-refractivity contribution in [2.24, 2.45) is 0 Å². The highest BCUT2D eigenvalue weighted by Crippen LogP contribution is 2.28. The molecule has 0 saturated heterocycles. The highest BCUT2D eigenvalue weighted by molar-refractivity contribution is 5.15. The molecule has 0 atom stereocenters. The molecule has 1 heterocycles. The van der Waals surface area contributed by atoms with E-state index in [9.17, 15) is 18.0 Å². The maximum atomic E-state index is 12.6. The minimum absolute atomic E-state index is 0.0613. The second-order valence-corrected chi connectivity index (χ2v) is 5.74. The van der Waals surface area contributed by atoms with Crippen molar-refractivity contribution >= 4 is 0 Å². The second-order valence-electron chi connectivity index (χ2n) is 5.74. The Hall–Kier alpha value is -1.56. The van der Waals surface area contributed by atoms with Crippen LogP contribution >= 0.6 is 0 Å². The van der Waals surface area contributed by atoms with E-state index in [0.717, 1.165) is 22.9 Å². The first kappa shape index (κ1) is 16.5. The van der Waals surface area contributed by atoms with E-state index < -0.39 is 17.3 Å². The summed E-state index contributed by atoms with van der Waals surface area (Å²) in [5, 5.41) is 3.17. The molecular formula is C14H19F3N2O. The van der Waals surface area contributed by atoms with Gasteiger partial charge in [0.25, 0.3) is 5.56 Å². The van der Waals surface area contributed by atoms with E-state index in [1.165, 1.54) is 0 Å². The molecule has 0 aliphatic carbocycles. The SMILES string of the molecule is C=C(CNC(C)(C)C)Cn1cc(C(F)(F)F)ccc1=O. The van der Waals surface area contributed by atoms with Crippen molar-refractivity contribution in [2.45, 2.75) is 39.0 Å². The minimum atomic E-state index is -4.46. The van der Waals surface area contributed by atoms with Gasteiger partial charge in [-0.25, -0.2) is 0 Å². The van der Waals surface area contributed by atoms with Crippen LogP contribution in [0.5, 0.6) is 0 Å². The number of pyridine rings is 1. The van der Waals surface area contributed by atoms with Crippen LogP contribution < -0.4 is 10.9 Å². The summed E-state index contributed by atoms with van der Waals surface area (Å²) in [5.41, 5.74) is -0.799. The number of nitrogens with one attached hydrogen (secondary N) is 1. The van der Waals surface area contributed by atoms with Crippen molar-refractivity contribution in [1.82, 2.24) is 9.88 Å². The Morgan fingerprint density at radius 2 is 1.90 bits per heavy atom. The average Bonchev–Trinajstić information content (AvgIpc) is 2.27. The van der Waals surface area contributed by atoms with Gasteiger partial charge in [-0.3, -0.25) is 4.79 Å². The molecule has 3 nitrogen and oxygen atoms in total. The molecule has 0 aromatic carbocycles. The highest BCUT2D eigenvalue weighted by atomic mass is 19.4. The topological polar surface area (TPSA) is 34.0 Å². The van der Waals surface area contributed by atoms with Crippen LogP contribution in [-0.4, -0.2) is 16.7 Å². The Morgan fingerprint density at radius 1 is 1.30 bits per heavy atom. The third kappa shape index (κ3) is 5.21. The van der Waals surface area contributed by atoms with Crippen molar-refractivity contribution in [3.8, 4) is 0 Å². The van der Waals surface area contributed by atoms with E-state index in [1.807, 2.05) is 20.8 Å². The van der Waals surface area contributed by atoms with Gasteiger partial charge in [0.2, 0.25) is 0 Å². The first-order chi connectivity index (χ1) is 8.99. The summed E-state index contributed by atoms with van der Waals surface area (Å²) in [4.78, 5) is 11.6. The monoisotopic (exact) mass is 288 g/mol. The van der Waals surface area contributed by atoms with Crippen LogP contribution in [0.3, 0.4) is 0 Å². The van der Waals surface area contributed by atoms with E-state index in [-0.39, 0.29) is 12.1 Å². The maximum absolute atomic E-state index is 12.6. The second kappa shape index (κ2) is 5.83. The molecule has 0 amide bonds. The molecule has 20 heavy (non-hydrogen) atoms. The predicted octanol–water partition coefficient (Wildman–Crippen LogP) is 2.81. The van der Waals surface area contributed by atoms with Gasteiger partial charge in [-0.2, -0.15) is 13.2 Å². The van der Waals surface area contributed by atoms with Gasteiger partial charge in [-0.1, -0.05) is 6.58 Å². The van der Waals surface area contributed by atoms with Crippen molar-refractivity contribution in [3.63, 3.8) is 0 Å². The molecule has 0 spiro atoms. The van der Waals surface area contributed by atoms with Crippen molar-refractivity contribution < 1.29 is 13.2 Å². The Morgan fingerprint density at radius 3 is 2.40 bits per heavy atom. The Balaban J connectivity index is 2.82. The van der Waals surface area contributed by atoms with Gasteiger partial charge in [0, 0.05) is 30.9 Å². The molecular weight excluding hydrogens is 269 g/mol. The predicted molar refractivity (Wildman–Crippen MR) is 72.6 cm³/mol.